The highest BCUT2D eigenvalue weighted by molar-refractivity contribution is 6.04. The molecule has 2 aromatic rings. The zero-order valence-electron chi connectivity index (χ0n) is 11.8. The third-order valence-corrected chi connectivity index (χ3v) is 3.10. The Morgan fingerprint density at radius 2 is 1.50 bits per heavy atom. The van der Waals surface area contributed by atoms with E-state index in [1.54, 1.807) is 0 Å². The van der Waals surface area contributed by atoms with Crippen LogP contribution in [0, 0.1) is 46.1 Å². The highest BCUT2D eigenvalue weighted by Gasteiger charge is 2.30. The average molecular weight is 346 g/mol. The molecular formula is C14H7F5N2O3. The summed E-state index contributed by atoms with van der Waals surface area (Å²) in [5.41, 5.74) is -2.09. The Morgan fingerprint density at radius 3 is 2.00 bits per heavy atom. The minimum atomic E-state index is -2.40. The predicted molar refractivity (Wildman–Crippen MR) is 72.0 cm³/mol. The maximum atomic E-state index is 13.5. The number of rotatable bonds is 3. The van der Waals surface area contributed by atoms with Crippen LogP contribution in [0.15, 0.2) is 18.2 Å². The Kier molecular flexibility index (Phi) is 4.49. The fourth-order valence-electron chi connectivity index (χ4n) is 1.88. The highest BCUT2D eigenvalue weighted by atomic mass is 19.2. The van der Waals surface area contributed by atoms with Gasteiger partial charge < -0.3 is 5.32 Å². The molecule has 0 saturated carbocycles. The van der Waals surface area contributed by atoms with E-state index in [0.29, 0.717) is 0 Å². The molecule has 10 heteroatoms. The molecule has 126 valence electrons. The molecule has 0 bridgehead atoms. The summed E-state index contributed by atoms with van der Waals surface area (Å²) in [7, 11) is 0. The number of halogens is 5. The molecule has 0 spiro atoms. The first kappa shape index (κ1) is 17.3. The largest absolute Gasteiger partial charge is 0.322 e. The van der Waals surface area contributed by atoms with E-state index in [-0.39, 0.29) is 11.3 Å². The van der Waals surface area contributed by atoms with Crippen LogP contribution in [0.3, 0.4) is 0 Å². The van der Waals surface area contributed by atoms with Crippen molar-refractivity contribution in [3.05, 3.63) is 68.5 Å². The van der Waals surface area contributed by atoms with E-state index in [0.717, 1.165) is 6.07 Å². The van der Waals surface area contributed by atoms with Gasteiger partial charge in [0.25, 0.3) is 11.6 Å². The highest BCUT2D eigenvalue weighted by Crippen LogP contribution is 2.26. The van der Waals surface area contributed by atoms with Crippen LogP contribution in [0.5, 0.6) is 0 Å². The third-order valence-electron chi connectivity index (χ3n) is 3.10. The maximum absolute atomic E-state index is 13.5. The first-order chi connectivity index (χ1) is 11.1. The second-order valence-corrected chi connectivity index (χ2v) is 4.66. The second-order valence-electron chi connectivity index (χ2n) is 4.66. The van der Waals surface area contributed by atoms with Gasteiger partial charge in [-0.15, -0.1) is 0 Å². The van der Waals surface area contributed by atoms with Gasteiger partial charge in [-0.3, -0.25) is 14.9 Å². The number of anilines is 1. The topological polar surface area (TPSA) is 72.2 Å². The summed E-state index contributed by atoms with van der Waals surface area (Å²) in [4.78, 5) is 21.9. The minimum absolute atomic E-state index is 0.245. The number of aryl methyl sites for hydroxylation is 1. The van der Waals surface area contributed by atoms with E-state index >= 15 is 0 Å². The number of hydrogen-bond donors (Lipinski definition) is 1. The second kappa shape index (κ2) is 6.22. The third kappa shape index (κ3) is 2.90. The Bertz CT molecular complexity index is 841. The zero-order valence-corrected chi connectivity index (χ0v) is 11.8. The first-order valence-electron chi connectivity index (χ1n) is 6.23. The number of carbonyl (C=O) groups excluding carboxylic acids is 1. The fourth-order valence-corrected chi connectivity index (χ4v) is 1.88. The Hall–Kier alpha value is -3.04. The van der Waals surface area contributed by atoms with Crippen molar-refractivity contribution in [2.75, 3.05) is 5.32 Å². The number of hydrogen-bond acceptors (Lipinski definition) is 3. The van der Waals surface area contributed by atoms with Crippen LogP contribution in [0.25, 0.3) is 0 Å². The van der Waals surface area contributed by atoms with Gasteiger partial charge in [0.05, 0.1) is 4.92 Å². The van der Waals surface area contributed by atoms with Gasteiger partial charge in [0.1, 0.15) is 5.56 Å². The van der Waals surface area contributed by atoms with E-state index in [1.165, 1.54) is 19.1 Å². The van der Waals surface area contributed by atoms with Crippen molar-refractivity contribution in [1.29, 1.82) is 0 Å². The Morgan fingerprint density at radius 1 is 1.00 bits per heavy atom. The lowest BCUT2D eigenvalue weighted by Crippen LogP contribution is -2.19. The molecule has 2 aromatic carbocycles. The van der Waals surface area contributed by atoms with Gasteiger partial charge in [-0.1, -0.05) is 6.07 Å². The van der Waals surface area contributed by atoms with Crippen LogP contribution < -0.4 is 5.32 Å². The number of nitrogens with zero attached hydrogens (tertiary/aromatic N) is 1. The summed E-state index contributed by atoms with van der Waals surface area (Å²) >= 11 is 0. The summed E-state index contributed by atoms with van der Waals surface area (Å²) in [6, 6.07) is 3.30. The molecule has 24 heavy (non-hydrogen) atoms. The van der Waals surface area contributed by atoms with E-state index in [4.69, 9.17) is 0 Å². The number of benzene rings is 2. The minimum Gasteiger partial charge on any atom is -0.322 e. The molecule has 0 radical (unpaired) electrons. The quantitative estimate of drug-likeness (QED) is 0.302. The standard InChI is InChI=1S/C14H7F5N2O3/c1-5-2-3-6(4-7(5)21(23)24)20-14(22)8-9(15)11(17)13(19)12(18)10(8)16/h2-4H,1H3,(H,20,22). The Labute approximate surface area is 130 Å². The summed E-state index contributed by atoms with van der Waals surface area (Å²) in [5.74, 6) is -13.2. The molecule has 0 atom stereocenters. The maximum Gasteiger partial charge on any atom is 0.274 e. The van der Waals surface area contributed by atoms with Gasteiger partial charge in [-0.05, 0) is 13.0 Å². The predicted octanol–water partition coefficient (Wildman–Crippen LogP) is 3.85. The molecule has 0 aromatic heterocycles. The molecule has 0 saturated heterocycles. The van der Waals surface area contributed by atoms with Crippen LogP contribution in [-0.2, 0) is 0 Å². The van der Waals surface area contributed by atoms with Gasteiger partial charge in [0.2, 0.25) is 5.82 Å². The molecule has 0 fully saturated rings. The number of nitro groups is 1. The molecule has 1 amide bonds. The van der Waals surface area contributed by atoms with Crippen molar-refractivity contribution in [3.8, 4) is 0 Å². The van der Waals surface area contributed by atoms with Crippen LogP contribution in [-0.4, -0.2) is 10.8 Å². The van der Waals surface area contributed by atoms with Gasteiger partial charge in [-0.2, -0.15) is 0 Å². The number of nitrogens with one attached hydrogen (secondary N) is 1. The van der Waals surface area contributed by atoms with Gasteiger partial charge in [0.15, 0.2) is 23.3 Å². The zero-order chi connectivity index (χ0) is 18.2. The number of nitro benzene ring substituents is 1. The van der Waals surface area contributed by atoms with Crippen molar-refractivity contribution in [2.45, 2.75) is 6.92 Å². The molecule has 0 aliphatic carbocycles. The van der Waals surface area contributed by atoms with Gasteiger partial charge >= 0.3 is 0 Å². The van der Waals surface area contributed by atoms with Crippen LogP contribution >= 0.6 is 0 Å². The summed E-state index contributed by atoms with van der Waals surface area (Å²) in [5, 5.41) is 12.7. The van der Waals surface area contributed by atoms with E-state index in [9.17, 15) is 36.9 Å². The molecule has 0 heterocycles. The molecule has 0 unspecified atom stereocenters. The number of carbonyl (C=O) groups is 1. The lowest BCUT2D eigenvalue weighted by atomic mass is 10.1. The van der Waals surface area contributed by atoms with Crippen molar-refractivity contribution < 1.29 is 31.7 Å². The lowest BCUT2D eigenvalue weighted by Gasteiger charge is -2.09. The van der Waals surface area contributed by atoms with E-state index < -0.39 is 51.2 Å². The van der Waals surface area contributed by atoms with Crippen molar-refractivity contribution in [1.82, 2.24) is 0 Å². The summed E-state index contributed by atoms with van der Waals surface area (Å²) < 4.78 is 66.2. The van der Waals surface area contributed by atoms with Gasteiger partial charge in [-0.25, -0.2) is 22.0 Å². The lowest BCUT2D eigenvalue weighted by molar-refractivity contribution is -0.385. The van der Waals surface area contributed by atoms with Crippen LogP contribution in [0.1, 0.15) is 15.9 Å². The van der Waals surface area contributed by atoms with E-state index in [1.807, 2.05) is 5.32 Å². The van der Waals surface area contributed by atoms with Crippen LogP contribution in [0.4, 0.5) is 33.3 Å². The van der Waals surface area contributed by atoms with Gasteiger partial charge in [0, 0.05) is 17.3 Å². The Balaban J connectivity index is 2.45. The molecule has 0 aliphatic heterocycles. The molecule has 5 nitrogen and oxygen atoms in total. The smallest absolute Gasteiger partial charge is 0.274 e. The molecule has 2 rings (SSSR count). The van der Waals surface area contributed by atoms with E-state index in [2.05, 4.69) is 0 Å². The van der Waals surface area contributed by atoms with Crippen LogP contribution in [0.2, 0.25) is 0 Å². The number of amides is 1. The average Bonchev–Trinajstić information content (AvgIpc) is 2.52. The van der Waals surface area contributed by atoms with Crippen molar-refractivity contribution >= 4 is 17.3 Å². The molecule has 1 N–H and O–H groups in total. The molecular weight excluding hydrogens is 339 g/mol. The SMILES string of the molecule is Cc1ccc(NC(=O)c2c(F)c(F)c(F)c(F)c2F)cc1[N+](=O)[O-]. The normalized spacial score (nSPS) is 10.6. The van der Waals surface area contributed by atoms with Crippen molar-refractivity contribution in [2.24, 2.45) is 0 Å². The monoisotopic (exact) mass is 346 g/mol. The molecule has 0 aliphatic rings. The summed E-state index contributed by atoms with van der Waals surface area (Å²) in [6.45, 7) is 1.41. The fraction of sp³-hybridized carbons (Fsp3) is 0.0714. The first-order valence-corrected chi connectivity index (χ1v) is 6.23. The van der Waals surface area contributed by atoms with Crippen molar-refractivity contribution in [3.63, 3.8) is 0 Å². The summed E-state index contributed by atoms with van der Waals surface area (Å²) in [6.07, 6.45) is 0.